The maximum atomic E-state index is 9.71. The van der Waals surface area contributed by atoms with Crippen molar-refractivity contribution in [2.24, 2.45) is 5.73 Å². The second-order valence-corrected chi connectivity index (χ2v) is 5.79. The first-order chi connectivity index (χ1) is 10.1. The predicted octanol–water partition coefficient (Wildman–Crippen LogP) is 1.35. The molecule has 0 aliphatic carbocycles. The molecule has 1 fully saturated rings. The van der Waals surface area contributed by atoms with E-state index in [1.165, 1.54) is 0 Å². The summed E-state index contributed by atoms with van der Waals surface area (Å²) in [7, 11) is 0. The number of hydrogen-bond donors (Lipinski definition) is 2. The molecule has 0 amide bonds. The van der Waals surface area contributed by atoms with E-state index in [9.17, 15) is 5.11 Å². The summed E-state index contributed by atoms with van der Waals surface area (Å²) >= 11 is 4.96. The fourth-order valence-electron chi connectivity index (χ4n) is 2.73. The molecule has 0 spiro atoms. The Kier molecular flexibility index (Phi) is 3.90. The fraction of sp³-hybridized carbons (Fsp3) is 0.333. The minimum absolute atomic E-state index is 0.267. The Labute approximate surface area is 129 Å². The summed E-state index contributed by atoms with van der Waals surface area (Å²) in [5, 5.41) is 11.8. The van der Waals surface area contributed by atoms with E-state index in [0.717, 1.165) is 42.8 Å². The quantitative estimate of drug-likeness (QED) is 0.834. The molecule has 0 radical (unpaired) electrons. The van der Waals surface area contributed by atoms with Crippen molar-refractivity contribution in [3.05, 3.63) is 30.5 Å². The van der Waals surface area contributed by atoms with E-state index in [-0.39, 0.29) is 5.75 Å². The minimum Gasteiger partial charge on any atom is -0.508 e. The molecule has 1 aromatic heterocycles. The van der Waals surface area contributed by atoms with Crippen LogP contribution >= 0.6 is 12.2 Å². The first-order valence-corrected chi connectivity index (χ1v) is 7.37. The number of nitrogens with two attached hydrogens (primary N) is 1. The van der Waals surface area contributed by atoms with Crippen LogP contribution in [0.25, 0.3) is 10.8 Å². The maximum Gasteiger partial charge on any atom is 0.136 e. The Morgan fingerprint density at radius 1 is 1.24 bits per heavy atom. The van der Waals surface area contributed by atoms with Crippen LogP contribution in [-0.2, 0) is 0 Å². The number of thiocarbonyl (C=S) groups is 1. The van der Waals surface area contributed by atoms with Crippen LogP contribution in [0.2, 0.25) is 0 Å². The molecular weight excluding hydrogens is 284 g/mol. The lowest BCUT2D eigenvalue weighted by atomic mass is 10.1. The van der Waals surface area contributed by atoms with Gasteiger partial charge < -0.3 is 15.7 Å². The Bertz CT molecular complexity index is 668. The van der Waals surface area contributed by atoms with Gasteiger partial charge in [-0.2, -0.15) is 0 Å². The second kappa shape index (κ2) is 5.83. The van der Waals surface area contributed by atoms with E-state index in [2.05, 4.69) is 14.8 Å². The van der Waals surface area contributed by atoms with Gasteiger partial charge in [-0.3, -0.25) is 4.90 Å². The number of piperazine rings is 1. The molecule has 6 heteroatoms. The lowest BCUT2D eigenvalue weighted by Gasteiger charge is -2.35. The van der Waals surface area contributed by atoms with Crippen molar-refractivity contribution < 1.29 is 5.11 Å². The average Bonchev–Trinajstić information content (AvgIpc) is 2.47. The largest absolute Gasteiger partial charge is 0.508 e. The lowest BCUT2D eigenvalue weighted by Crippen LogP contribution is -2.48. The topological polar surface area (TPSA) is 65.6 Å². The molecule has 2 heterocycles. The molecule has 3 rings (SSSR count). The smallest absolute Gasteiger partial charge is 0.136 e. The van der Waals surface area contributed by atoms with Gasteiger partial charge in [-0.05, 0) is 23.6 Å². The van der Waals surface area contributed by atoms with Gasteiger partial charge in [0.25, 0.3) is 0 Å². The summed E-state index contributed by atoms with van der Waals surface area (Å²) in [6.45, 7) is 4.25. The number of rotatable bonds is 3. The summed E-state index contributed by atoms with van der Waals surface area (Å²) in [6.07, 6.45) is 1.82. The van der Waals surface area contributed by atoms with Crippen LogP contribution in [0.1, 0.15) is 0 Å². The van der Waals surface area contributed by atoms with Crippen LogP contribution < -0.4 is 10.6 Å². The molecule has 0 saturated carbocycles. The fourth-order valence-corrected chi connectivity index (χ4v) is 2.91. The van der Waals surface area contributed by atoms with Crippen molar-refractivity contribution in [1.82, 2.24) is 9.88 Å². The first kappa shape index (κ1) is 14.0. The van der Waals surface area contributed by atoms with Gasteiger partial charge in [-0.25, -0.2) is 4.98 Å². The van der Waals surface area contributed by atoms with E-state index >= 15 is 0 Å². The highest BCUT2D eigenvalue weighted by Crippen LogP contribution is 2.28. The Balaban J connectivity index is 1.82. The second-order valence-electron chi connectivity index (χ2n) is 5.27. The summed E-state index contributed by atoms with van der Waals surface area (Å²) in [4.78, 5) is 9.54. The van der Waals surface area contributed by atoms with Crippen molar-refractivity contribution >= 4 is 33.8 Å². The molecule has 5 nitrogen and oxygen atoms in total. The number of phenols is 1. The third-order valence-electron chi connectivity index (χ3n) is 3.78. The van der Waals surface area contributed by atoms with Crippen molar-refractivity contribution in [3.63, 3.8) is 0 Å². The number of aromatic nitrogens is 1. The van der Waals surface area contributed by atoms with Crippen LogP contribution in [0.5, 0.6) is 5.75 Å². The highest BCUT2D eigenvalue weighted by molar-refractivity contribution is 7.80. The molecule has 1 aliphatic heterocycles. The van der Waals surface area contributed by atoms with E-state index in [1.807, 2.05) is 18.3 Å². The van der Waals surface area contributed by atoms with E-state index in [4.69, 9.17) is 18.0 Å². The zero-order chi connectivity index (χ0) is 14.8. The van der Waals surface area contributed by atoms with Crippen molar-refractivity contribution in [1.29, 1.82) is 0 Å². The first-order valence-electron chi connectivity index (χ1n) is 6.97. The summed E-state index contributed by atoms with van der Waals surface area (Å²) in [5.74, 6) is 1.20. The lowest BCUT2D eigenvalue weighted by molar-refractivity contribution is 0.292. The molecule has 21 heavy (non-hydrogen) atoms. The number of aromatic hydroxyl groups is 1. The molecule has 1 aromatic carbocycles. The van der Waals surface area contributed by atoms with E-state index in [0.29, 0.717) is 11.5 Å². The SMILES string of the molecule is NC(=S)CN1CCN(c2nccc3ccc(O)cc23)CC1. The molecule has 0 atom stereocenters. The van der Waals surface area contributed by atoms with E-state index < -0.39 is 0 Å². The highest BCUT2D eigenvalue weighted by Gasteiger charge is 2.19. The monoisotopic (exact) mass is 302 g/mol. The van der Waals surface area contributed by atoms with Crippen LogP contribution in [0.15, 0.2) is 30.5 Å². The Hall–Kier alpha value is -1.92. The van der Waals surface area contributed by atoms with Gasteiger partial charge in [-0.15, -0.1) is 0 Å². The number of anilines is 1. The number of fused-ring (bicyclic) bond motifs is 1. The van der Waals surface area contributed by atoms with Crippen LogP contribution in [0.4, 0.5) is 5.82 Å². The Morgan fingerprint density at radius 3 is 2.71 bits per heavy atom. The zero-order valence-electron chi connectivity index (χ0n) is 11.7. The summed E-state index contributed by atoms with van der Waals surface area (Å²) in [5.41, 5.74) is 5.60. The number of nitrogens with zero attached hydrogens (tertiary/aromatic N) is 3. The third kappa shape index (κ3) is 3.06. The van der Waals surface area contributed by atoms with Crippen LogP contribution in [-0.4, -0.2) is 52.7 Å². The average molecular weight is 302 g/mol. The zero-order valence-corrected chi connectivity index (χ0v) is 12.5. The molecule has 2 aromatic rings. The molecule has 1 saturated heterocycles. The molecule has 110 valence electrons. The standard InChI is InChI=1S/C15H18N4OS/c16-14(21)10-18-5-7-19(8-6-18)15-13-9-12(20)2-1-11(13)3-4-17-15/h1-4,9,20H,5-8,10H2,(H2,16,21). The minimum atomic E-state index is 0.267. The number of pyridine rings is 1. The van der Waals surface area contributed by atoms with Crippen LogP contribution in [0, 0.1) is 0 Å². The highest BCUT2D eigenvalue weighted by atomic mass is 32.1. The van der Waals surface area contributed by atoms with E-state index in [1.54, 1.807) is 12.1 Å². The molecule has 0 bridgehead atoms. The van der Waals surface area contributed by atoms with Gasteiger partial charge in [0.15, 0.2) is 0 Å². The van der Waals surface area contributed by atoms with Gasteiger partial charge in [0.2, 0.25) is 0 Å². The normalized spacial score (nSPS) is 16.3. The van der Waals surface area contributed by atoms with Gasteiger partial charge in [0, 0.05) is 44.3 Å². The maximum absolute atomic E-state index is 9.71. The molecule has 1 aliphatic rings. The number of hydrogen-bond acceptors (Lipinski definition) is 5. The summed E-state index contributed by atoms with van der Waals surface area (Å²) in [6, 6.07) is 7.35. The number of phenolic OH excluding ortho intramolecular Hbond substituents is 1. The van der Waals surface area contributed by atoms with Gasteiger partial charge in [0.05, 0.1) is 4.99 Å². The van der Waals surface area contributed by atoms with Gasteiger partial charge in [-0.1, -0.05) is 18.3 Å². The summed E-state index contributed by atoms with van der Waals surface area (Å²) < 4.78 is 0. The molecule has 3 N–H and O–H groups in total. The van der Waals surface area contributed by atoms with Crippen molar-refractivity contribution in [2.75, 3.05) is 37.6 Å². The number of benzene rings is 1. The van der Waals surface area contributed by atoms with Crippen molar-refractivity contribution in [3.8, 4) is 5.75 Å². The predicted molar refractivity (Wildman–Crippen MR) is 88.8 cm³/mol. The molecular formula is C15H18N4OS. The van der Waals surface area contributed by atoms with Crippen LogP contribution in [0.3, 0.4) is 0 Å². The Morgan fingerprint density at radius 2 is 2.00 bits per heavy atom. The van der Waals surface area contributed by atoms with Crippen molar-refractivity contribution in [2.45, 2.75) is 0 Å². The van der Waals surface area contributed by atoms with Gasteiger partial charge in [0.1, 0.15) is 11.6 Å². The van der Waals surface area contributed by atoms with Gasteiger partial charge >= 0.3 is 0 Å². The third-order valence-corrected chi connectivity index (χ3v) is 3.91. The molecule has 0 unspecified atom stereocenters.